The average Bonchev–Trinajstić information content (AvgIpc) is 2.94. The number of hydrogen-bond acceptors (Lipinski definition) is 5. The zero-order valence-corrected chi connectivity index (χ0v) is 26.3. The van der Waals surface area contributed by atoms with E-state index >= 15 is 0 Å². The number of ether oxygens (including phenoxy) is 1. The highest BCUT2D eigenvalue weighted by Gasteiger charge is 2.30. The van der Waals surface area contributed by atoms with E-state index in [1.165, 1.54) is 24.8 Å². The number of likely N-dealkylation sites (tertiary alicyclic amines) is 1. The summed E-state index contributed by atoms with van der Waals surface area (Å²) in [5.74, 6) is 1.37. The van der Waals surface area contributed by atoms with E-state index in [9.17, 15) is 13.2 Å². The summed E-state index contributed by atoms with van der Waals surface area (Å²) in [4.78, 5) is 17.9. The van der Waals surface area contributed by atoms with Crippen LogP contribution in [0.2, 0.25) is 0 Å². The zero-order chi connectivity index (χ0) is 28.5. The molecule has 2 amide bonds. The Labute approximate surface area is 252 Å². The molecule has 2 aliphatic rings. The third kappa shape index (κ3) is 10.1. The van der Waals surface area contributed by atoms with Crippen molar-refractivity contribution in [1.29, 1.82) is 0 Å². The maximum atomic E-state index is 13.3. The molecule has 1 aliphatic carbocycles. The molecule has 1 atom stereocenters. The molecule has 41 heavy (non-hydrogen) atoms. The van der Waals surface area contributed by atoms with Gasteiger partial charge in [-0.1, -0.05) is 44.7 Å². The van der Waals surface area contributed by atoms with Crippen LogP contribution in [0.1, 0.15) is 83.2 Å². The molecule has 1 unspecified atom stereocenters. The molecule has 228 valence electrons. The lowest BCUT2D eigenvalue weighted by atomic mass is 9.95. The highest BCUT2D eigenvalue weighted by molar-refractivity contribution is 7.92. The molecule has 0 aromatic heterocycles. The van der Waals surface area contributed by atoms with Gasteiger partial charge in [-0.05, 0) is 81.0 Å². The minimum Gasteiger partial charge on any atom is -0.457 e. The van der Waals surface area contributed by atoms with Crippen molar-refractivity contribution in [2.75, 3.05) is 30.6 Å². The van der Waals surface area contributed by atoms with E-state index in [2.05, 4.69) is 45.8 Å². The molecule has 0 bridgehead atoms. The van der Waals surface area contributed by atoms with Crippen LogP contribution in [0.3, 0.4) is 0 Å². The van der Waals surface area contributed by atoms with Crippen molar-refractivity contribution in [3.05, 3.63) is 54.1 Å². The molecule has 1 saturated heterocycles. The number of benzene rings is 2. The molecule has 2 fully saturated rings. The van der Waals surface area contributed by atoms with Crippen molar-refractivity contribution in [3.63, 3.8) is 0 Å². The Morgan fingerprint density at radius 1 is 0.976 bits per heavy atom. The van der Waals surface area contributed by atoms with Gasteiger partial charge in [-0.2, -0.15) is 0 Å². The quantitative estimate of drug-likeness (QED) is 0.289. The number of anilines is 1. The second-order valence-electron chi connectivity index (χ2n) is 11.3. The topological polar surface area (TPSA) is 91.0 Å². The molecule has 0 radical (unpaired) electrons. The number of hydrogen-bond donors (Lipinski definition) is 2. The third-order valence-corrected chi connectivity index (χ3v) is 8.80. The maximum Gasteiger partial charge on any atom is 0.317 e. The Hall–Kier alpha value is -2.49. The first-order valence-corrected chi connectivity index (χ1v) is 16.8. The summed E-state index contributed by atoms with van der Waals surface area (Å²) in [6.07, 6.45) is 11.2. The summed E-state index contributed by atoms with van der Waals surface area (Å²) in [6, 6.07) is 16.1. The van der Waals surface area contributed by atoms with E-state index in [4.69, 9.17) is 4.74 Å². The van der Waals surface area contributed by atoms with E-state index in [1.807, 2.05) is 12.1 Å². The van der Waals surface area contributed by atoms with E-state index in [0.717, 1.165) is 70.2 Å². The van der Waals surface area contributed by atoms with Gasteiger partial charge in [0.1, 0.15) is 11.5 Å². The number of nitrogens with zero attached hydrogens (tertiary/aromatic N) is 2. The first-order valence-electron chi connectivity index (χ1n) is 14.9. The Balaban J connectivity index is 0.00000462. The van der Waals surface area contributed by atoms with Gasteiger partial charge in [0.15, 0.2) is 0 Å². The first kappa shape index (κ1) is 33.0. The standard InChI is InChI=1S/C31H46N4O4S.ClH/c1-4-5-21-35(31(36)32-26-9-7-6-8-10-26)28-19-22-34(23-20-28)24(2)25-11-15-29(16-12-25)39-30-17-13-27(14-18-30)33-40(3,37)38;/h11-18,24,26,28,33H,4-10,19-23H2,1-3H3,(H,32,36);1H. The summed E-state index contributed by atoms with van der Waals surface area (Å²) in [5.41, 5.74) is 1.73. The van der Waals surface area contributed by atoms with Crippen LogP contribution in [0.15, 0.2) is 48.5 Å². The number of nitrogens with one attached hydrogen (secondary N) is 2. The predicted octanol–water partition coefficient (Wildman–Crippen LogP) is 6.94. The second-order valence-corrected chi connectivity index (χ2v) is 13.1. The molecule has 2 N–H and O–H groups in total. The highest BCUT2D eigenvalue weighted by atomic mass is 35.5. The molecular formula is C31H47ClN4O4S. The number of carbonyl (C=O) groups is 1. The molecule has 2 aromatic rings. The van der Waals surface area contributed by atoms with Crippen LogP contribution in [0.5, 0.6) is 11.5 Å². The van der Waals surface area contributed by atoms with Crippen LogP contribution in [0, 0.1) is 0 Å². The molecule has 4 rings (SSSR count). The number of amides is 2. The number of sulfonamides is 1. The smallest absolute Gasteiger partial charge is 0.317 e. The number of unbranched alkanes of at least 4 members (excludes halogenated alkanes) is 1. The van der Waals surface area contributed by atoms with Gasteiger partial charge in [0.05, 0.1) is 6.26 Å². The molecular weight excluding hydrogens is 560 g/mol. The highest BCUT2D eigenvalue weighted by Crippen LogP contribution is 2.29. The fourth-order valence-electron chi connectivity index (χ4n) is 5.83. The minimum atomic E-state index is -3.31. The van der Waals surface area contributed by atoms with Gasteiger partial charge in [-0.25, -0.2) is 13.2 Å². The van der Waals surface area contributed by atoms with Crippen molar-refractivity contribution >= 4 is 34.1 Å². The Bertz CT molecular complexity index is 1180. The molecule has 0 spiro atoms. The largest absolute Gasteiger partial charge is 0.457 e. The Morgan fingerprint density at radius 3 is 2.12 bits per heavy atom. The van der Waals surface area contributed by atoms with Crippen LogP contribution in [-0.4, -0.2) is 62.2 Å². The Morgan fingerprint density at radius 2 is 1.56 bits per heavy atom. The summed E-state index contributed by atoms with van der Waals surface area (Å²) < 4.78 is 31.2. The van der Waals surface area contributed by atoms with Gasteiger partial charge in [0.2, 0.25) is 10.0 Å². The fourth-order valence-corrected chi connectivity index (χ4v) is 6.40. The molecule has 2 aromatic carbocycles. The predicted molar refractivity (Wildman–Crippen MR) is 169 cm³/mol. The van der Waals surface area contributed by atoms with Crippen LogP contribution in [0.25, 0.3) is 0 Å². The van der Waals surface area contributed by atoms with Crippen LogP contribution in [-0.2, 0) is 10.0 Å². The van der Waals surface area contributed by atoms with E-state index in [0.29, 0.717) is 23.5 Å². The summed E-state index contributed by atoms with van der Waals surface area (Å²) in [6.45, 7) is 7.21. The second kappa shape index (κ2) is 15.7. The minimum absolute atomic E-state index is 0. The van der Waals surface area contributed by atoms with E-state index in [-0.39, 0.29) is 24.5 Å². The summed E-state index contributed by atoms with van der Waals surface area (Å²) >= 11 is 0. The maximum absolute atomic E-state index is 13.3. The van der Waals surface area contributed by atoms with Crippen LogP contribution >= 0.6 is 12.4 Å². The van der Waals surface area contributed by atoms with E-state index < -0.39 is 10.0 Å². The number of piperidine rings is 1. The molecule has 1 saturated carbocycles. The number of rotatable bonds is 11. The van der Waals surface area contributed by atoms with Crippen LogP contribution in [0.4, 0.5) is 10.5 Å². The third-order valence-electron chi connectivity index (χ3n) is 8.19. The summed E-state index contributed by atoms with van der Waals surface area (Å²) in [5, 5.41) is 3.35. The lowest BCUT2D eigenvalue weighted by molar-refractivity contribution is 0.0978. The van der Waals surface area contributed by atoms with Gasteiger partial charge in [-0.15, -0.1) is 12.4 Å². The SMILES string of the molecule is CCCCN(C(=O)NC1CCCCC1)C1CCN(C(C)c2ccc(Oc3ccc(NS(C)(=O)=O)cc3)cc2)CC1.Cl. The van der Waals surface area contributed by atoms with Gasteiger partial charge in [0, 0.05) is 43.4 Å². The normalized spacial score (nSPS) is 17.7. The number of halogens is 1. The van der Waals surface area contributed by atoms with Crippen molar-refractivity contribution in [3.8, 4) is 11.5 Å². The number of urea groups is 1. The van der Waals surface area contributed by atoms with Crippen molar-refractivity contribution in [2.45, 2.75) is 89.8 Å². The van der Waals surface area contributed by atoms with Gasteiger partial charge in [-0.3, -0.25) is 9.62 Å². The monoisotopic (exact) mass is 606 g/mol. The average molecular weight is 607 g/mol. The fraction of sp³-hybridized carbons (Fsp3) is 0.581. The van der Waals surface area contributed by atoms with Crippen molar-refractivity contribution in [2.24, 2.45) is 0 Å². The van der Waals surface area contributed by atoms with Gasteiger partial charge < -0.3 is 15.0 Å². The molecule has 1 aliphatic heterocycles. The first-order chi connectivity index (χ1) is 19.2. The van der Waals surface area contributed by atoms with Crippen molar-refractivity contribution < 1.29 is 17.9 Å². The van der Waals surface area contributed by atoms with Crippen LogP contribution < -0.4 is 14.8 Å². The molecule has 8 nitrogen and oxygen atoms in total. The van der Waals surface area contributed by atoms with Gasteiger partial charge in [0.25, 0.3) is 0 Å². The zero-order valence-electron chi connectivity index (χ0n) is 24.7. The number of carbonyl (C=O) groups excluding carboxylic acids is 1. The Kier molecular flexibility index (Phi) is 12.6. The van der Waals surface area contributed by atoms with E-state index in [1.54, 1.807) is 24.3 Å². The molecule has 1 heterocycles. The van der Waals surface area contributed by atoms with Gasteiger partial charge >= 0.3 is 6.03 Å². The molecule has 10 heteroatoms. The van der Waals surface area contributed by atoms with Crippen molar-refractivity contribution in [1.82, 2.24) is 15.1 Å². The lowest BCUT2D eigenvalue weighted by Crippen LogP contribution is -2.53. The lowest BCUT2D eigenvalue weighted by Gasteiger charge is -2.41. The summed E-state index contributed by atoms with van der Waals surface area (Å²) in [7, 11) is -3.31.